The summed E-state index contributed by atoms with van der Waals surface area (Å²) in [7, 11) is 1.84. The Bertz CT molecular complexity index is 500. The van der Waals surface area contributed by atoms with Gasteiger partial charge in [-0.15, -0.1) is 11.3 Å². The molecule has 0 unspecified atom stereocenters. The molecule has 1 aromatic heterocycles. The summed E-state index contributed by atoms with van der Waals surface area (Å²) < 4.78 is 0. The molecule has 1 saturated carbocycles. The molecule has 2 heterocycles. The van der Waals surface area contributed by atoms with Gasteiger partial charge in [-0.2, -0.15) is 0 Å². The van der Waals surface area contributed by atoms with Gasteiger partial charge >= 0.3 is 0 Å². The Morgan fingerprint density at radius 1 is 1.36 bits per heavy atom. The van der Waals surface area contributed by atoms with Gasteiger partial charge in [0.1, 0.15) is 0 Å². The Labute approximate surface area is 137 Å². The van der Waals surface area contributed by atoms with Crippen molar-refractivity contribution in [1.29, 1.82) is 0 Å². The lowest BCUT2D eigenvalue weighted by Gasteiger charge is -2.33. The molecule has 0 radical (unpaired) electrons. The van der Waals surface area contributed by atoms with Crippen LogP contribution < -0.4 is 10.6 Å². The minimum absolute atomic E-state index is 0.544. The third-order valence-corrected chi connectivity index (χ3v) is 5.54. The highest BCUT2D eigenvalue weighted by molar-refractivity contribution is 7.09. The molecule has 2 N–H and O–H groups in total. The van der Waals surface area contributed by atoms with Gasteiger partial charge in [0.25, 0.3) is 0 Å². The van der Waals surface area contributed by atoms with Crippen molar-refractivity contribution in [2.24, 2.45) is 4.99 Å². The van der Waals surface area contributed by atoms with Crippen LogP contribution in [0.3, 0.4) is 0 Å². The number of piperidine rings is 1. The van der Waals surface area contributed by atoms with Crippen LogP contribution in [-0.2, 0) is 13.0 Å². The standard InChI is InChI=1S/C16H27N5S/c1-3-15-19-13(11-22-15)10-18-16(17-2)20-12-6-8-21(9-7-12)14-4-5-14/h11-12,14H,3-10H2,1-2H3,(H2,17,18,20). The second-order valence-electron chi connectivity index (χ2n) is 6.20. The molecule has 0 spiro atoms. The monoisotopic (exact) mass is 321 g/mol. The maximum atomic E-state index is 4.58. The predicted molar refractivity (Wildman–Crippen MR) is 92.4 cm³/mol. The van der Waals surface area contributed by atoms with E-state index >= 15 is 0 Å². The van der Waals surface area contributed by atoms with Crippen molar-refractivity contribution in [2.45, 2.75) is 57.7 Å². The molecular weight excluding hydrogens is 294 g/mol. The van der Waals surface area contributed by atoms with Crippen LogP contribution in [0, 0.1) is 0 Å². The Morgan fingerprint density at radius 3 is 2.73 bits per heavy atom. The summed E-state index contributed by atoms with van der Waals surface area (Å²) >= 11 is 1.74. The largest absolute Gasteiger partial charge is 0.354 e. The molecule has 22 heavy (non-hydrogen) atoms. The topological polar surface area (TPSA) is 52.6 Å². The van der Waals surface area contributed by atoms with Crippen molar-refractivity contribution in [1.82, 2.24) is 20.5 Å². The summed E-state index contributed by atoms with van der Waals surface area (Å²) in [4.78, 5) is 11.6. The molecule has 1 aliphatic carbocycles. The molecular formula is C16H27N5S. The van der Waals surface area contributed by atoms with E-state index in [1.54, 1.807) is 11.3 Å². The molecule has 0 bridgehead atoms. The highest BCUT2D eigenvalue weighted by Gasteiger charge is 2.31. The van der Waals surface area contributed by atoms with Crippen LogP contribution in [0.5, 0.6) is 0 Å². The zero-order valence-electron chi connectivity index (χ0n) is 13.6. The zero-order valence-corrected chi connectivity index (χ0v) is 14.5. The van der Waals surface area contributed by atoms with Gasteiger partial charge in [0, 0.05) is 37.6 Å². The Kier molecular flexibility index (Phi) is 5.31. The highest BCUT2D eigenvalue weighted by atomic mass is 32.1. The van der Waals surface area contributed by atoms with E-state index in [1.807, 2.05) is 7.05 Å². The number of rotatable bonds is 5. The molecule has 122 valence electrons. The first-order chi connectivity index (χ1) is 10.8. The smallest absolute Gasteiger partial charge is 0.191 e. The second-order valence-corrected chi connectivity index (χ2v) is 7.14. The lowest BCUT2D eigenvalue weighted by atomic mass is 10.1. The van der Waals surface area contributed by atoms with Crippen molar-refractivity contribution in [2.75, 3.05) is 20.1 Å². The number of aliphatic imine (C=N–C) groups is 1. The van der Waals surface area contributed by atoms with E-state index in [-0.39, 0.29) is 0 Å². The molecule has 0 aromatic carbocycles. The normalized spacial score (nSPS) is 21.1. The minimum Gasteiger partial charge on any atom is -0.354 e. The summed E-state index contributed by atoms with van der Waals surface area (Å²) in [5.41, 5.74) is 1.10. The first kappa shape index (κ1) is 15.7. The summed E-state index contributed by atoms with van der Waals surface area (Å²) in [5.74, 6) is 0.899. The van der Waals surface area contributed by atoms with Gasteiger partial charge in [0.2, 0.25) is 0 Å². The third-order valence-electron chi connectivity index (χ3n) is 4.50. The van der Waals surface area contributed by atoms with Crippen molar-refractivity contribution in [3.8, 4) is 0 Å². The number of aryl methyl sites for hydroxylation is 1. The van der Waals surface area contributed by atoms with Gasteiger partial charge in [0.15, 0.2) is 5.96 Å². The van der Waals surface area contributed by atoms with Gasteiger partial charge in [-0.1, -0.05) is 6.92 Å². The first-order valence-corrected chi connectivity index (χ1v) is 9.31. The van der Waals surface area contributed by atoms with E-state index < -0.39 is 0 Å². The van der Waals surface area contributed by atoms with Crippen LogP contribution in [0.15, 0.2) is 10.4 Å². The number of hydrogen-bond acceptors (Lipinski definition) is 4. The molecule has 2 fully saturated rings. The summed E-state index contributed by atoms with van der Waals surface area (Å²) in [6.45, 7) is 5.35. The van der Waals surface area contributed by atoms with E-state index in [4.69, 9.17) is 0 Å². The average Bonchev–Trinajstić information content (AvgIpc) is 3.30. The molecule has 3 rings (SSSR count). The van der Waals surface area contributed by atoms with Crippen molar-refractivity contribution in [3.63, 3.8) is 0 Å². The van der Waals surface area contributed by atoms with E-state index in [2.05, 4.69) is 37.8 Å². The number of nitrogens with zero attached hydrogens (tertiary/aromatic N) is 3. The molecule has 1 aromatic rings. The van der Waals surface area contributed by atoms with E-state index in [0.29, 0.717) is 6.04 Å². The molecule has 6 heteroatoms. The summed E-state index contributed by atoms with van der Waals surface area (Å²) in [6, 6.07) is 1.44. The van der Waals surface area contributed by atoms with Crippen LogP contribution in [0.4, 0.5) is 0 Å². The molecule has 5 nitrogen and oxygen atoms in total. The number of aromatic nitrogens is 1. The van der Waals surface area contributed by atoms with Gasteiger partial charge in [-0.3, -0.25) is 4.99 Å². The van der Waals surface area contributed by atoms with Crippen LogP contribution in [0.2, 0.25) is 0 Å². The van der Waals surface area contributed by atoms with Crippen molar-refractivity contribution >= 4 is 17.3 Å². The van der Waals surface area contributed by atoms with E-state index in [1.165, 1.54) is 43.8 Å². The second kappa shape index (κ2) is 7.42. The van der Waals surface area contributed by atoms with Gasteiger partial charge in [-0.05, 0) is 32.1 Å². The summed E-state index contributed by atoms with van der Waals surface area (Å²) in [6.07, 6.45) is 6.27. The fourth-order valence-electron chi connectivity index (χ4n) is 3.00. The zero-order chi connectivity index (χ0) is 15.4. The Hall–Kier alpha value is -1.14. The van der Waals surface area contributed by atoms with E-state index in [9.17, 15) is 0 Å². The quantitative estimate of drug-likeness (QED) is 0.643. The SMILES string of the molecule is CCc1nc(CNC(=NC)NC2CCN(C3CC3)CC2)cs1. The maximum Gasteiger partial charge on any atom is 0.191 e. The van der Waals surface area contributed by atoms with Crippen LogP contribution >= 0.6 is 11.3 Å². The van der Waals surface area contributed by atoms with Crippen LogP contribution in [-0.4, -0.2) is 48.1 Å². The molecule has 0 amide bonds. The van der Waals surface area contributed by atoms with Crippen LogP contribution in [0.25, 0.3) is 0 Å². The van der Waals surface area contributed by atoms with Crippen molar-refractivity contribution < 1.29 is 0 Å². The predicted octanol–water partition coefficient (Wildman–Crippen LogP) is 2.00. The fraction of sp³-hybridized carbons (Fsp3) is 0.750. The number of nitrogens with one attached hydrogen (secondary N) is 2. The minimum atomic E-state index is 0.544. The van der Waals surface area contributed by atoms with Gasteiger partial charge < -0.3 is 15.5 Å². The molecule has 2 aliphatic rings. The number of likely N-dealkylation sites (tertiary alicyclic amines) is 1. The van der Waals surface area contributed by atoms with Gasteiger partial charge in [0.05, 0.1) is 17.2 Å². The average molecular weight is 321 g/mol. The number of thiazole rings is 1. The Morgan fingerprint density at radius 2 is 2.14 bits per heavy atom. The first-order valence-electron chi connectivity index (χ1n) is 8.43. The summed E-state index contributed by atoms with van der Waals surface area (Å²) in [5, 5.41) is 10.3. The highest BCUT2D eigenvalue weighted by Crippen LogP contribution is 2.29. The number of guanidine groups is 1. The Balaban J connectivity index is 1.42. The lowest BCUT2D eigenvalue weighted by molar-refractivity contribution is 0.197. The number of hydrogen-bond donors (Lipinski definition) is 2. The van der Waals surface area contributed by atoms with Gasteiger partial charge in [-0.25, -0.2) is 4.98 Å². The maximum absolute atomic E-state index is 4.58. The van der Waals surface area contributed by atoms with Crippen LogP contribution in [0.1, 0.15) is 43.3 Å². The van der Waals surface area contributed by atoms with E-state index in [0.717, 1.165) is 30.7 Å². The lowest BCUT2D eigenvalue weighted by Crippen LogP contribution is -2.48. The molecule has 1 aliphatic heterocycles. The van der Waals surface area contributed by atoms with Crippen molar-refractivity contribution in [3.05, 3.63) is 16.1 Å². The molecule has 0 atom stereocenters. The third kappa shape index (κ3) is 4.20. The fourth-order valence-corrected chi connectivity index (χ4v) is 3.75. The molecule has 1 saturated heterocycles.